The summed E-state index contributed by atoms with van der Waals surface area (Å²) in [5.74, 6) is 0.286. The zero-order valence-electron chi connectivity index (χ0n) is 27.2. The Hall–Kier alpha value is -3.05. The molecule has 6 heteroatoms. The Morgan fingerprint density at radius 1 is 0.909 bits per heavy atom. The summed E-state index contributed by atoms with van der Waals surface area (Å²) in [6.07, 6.45) is 6.75. The summed E-state index contributed by atoms with van der Waals surface area (Å²) >= 11 is 0. The van der Waals surface area contributed by atoms with Gasteiger partial charge in [0.25, 0.3) is 0 Å². The minimum absolute atomic E-state index is 0. The first-order valence-corrected chi connectivity index (χ1v) is 18.7. The molecule has 3 heterocycles. The SMILES string of the molecule is CCC(C)(CC)C(=O)/C=C(\O)C(C)(CC)CC.C[Si]1(C)c2c(ncc3ccccc23)-c2[c-]ccc3oc4cccc1c4c23.[Ir]. The van der Waals surface area contributed by atoms with Gasteiger partial charge in [-0.3, -0.25) is 4.79 Å². The number of fused-ring (bicyclic) bond motifs is 4. The van der Waals surface area contributed by atoms with Crippen LogP contribution in [-0.2, 0) is 24.9 Å². The van der Waals surface area contributed by atoms with Gasteiger partial charge in [0.2, 0.25) is 0 Å². The van der Waals surface area contributed by atoms with E-state index in [-0.39, 0.29) is 42.5 Å². The molecule has 4 nitrogen and oxygen atoms in total. The molecule has 1 N–H and O–H groups in total. The van der Waals surface area contributed by atoms with Gasteiger partial charge in [-0.1, -0.05) is 113 Å². The smallest absolute Gasteiger partial charge is 0.164 e. The number of carbonyl (C=O) groups excluding carboxylic acids is 1. The Morgan fingerprint density at radius 2 is 1.55 bits per heavy atom. The van der Waals surface area contributed by atoms with Gasteiger partial charge in [0.1, 0.15) is 19.4 Å². The third-order valence-electron chi connectivity index (χ3n) is 10.4. The number of hydrogen-bond donors (Lipinski definition) is 1. The Kier molecular flexibility index (Phi) is 9.80. The number of nitrogens with zero attached hydrogens (tertiary/aromatic N) is 1. The number of rotatable bonds is 7. The Balaban J connectivity index is 0.000000218. The first-order chi connectivity index (χ1) is 20.5. The number of furan rings is 1. The summed E-state index contributed by atoms with van der Waals surface area (Å²) in [7, 11) is -2.00. The van der Waals surface area contributed by atoms with E-state index in [4.69, 9.17) is 9.40 Å². The van der Waals surface area contributed by atoms with Crippen LogP contribution < -0.4 is 10.4 Å². The van der Waals surface area contributed by atoms with Crippen LogP contribution >= 0.6 is 0 Å². The predicted molar refractivity (Wildman–Crippen MR) is 183 cm³/mol. The fourth-order valence-corrected chi connectivity index (χ4v) is 9.65. The number of pyridine rings is 1. The van der Waals surface area contributed by atoms with Crippen LogP contribution in [0.15, 0.2) is 77.0 Å². The van der Waals surface area contributed by atoms with E-state index in [1.165, 1.54) is 38.0 Å². The number of aromatic nitrogens is 1. The maximum atomic E-state index is 12.2. The van der Waals surface area contributed by atoms with E-state index >= 15 is 0 Å². The molecule has 1 aliphatic heterocycles. The van der Waals surface area contributed by atoms with E-state index in [0.717, 1.165) is 48.1 Å². The van der Waals surface area contributed by atoms with Crippen LogP contribution in [-0.4, -0.2) is 23.9 Å². The summed E-state index contributed by atoms with van der Waals surface area (Å²) < 4.78 is 6.18. The number of ketones is 1. The molecule has 1 radical (unpaired) electrons. The van der Waals surface area contributed by atoms with Gasteiger partial charge < -0.3 is 14.5 Å². The Bertz CT molecular complexity index is 1860. The zero-order chi connectivity index (χ0) is 31.2. The number of benzene rings is 3. The average molecular weight is 783 g/mol. The van der Waals surface area contributed by atoms with Crippen molar-refractivity contribution < 1.29 is 34.4 Å². The first kappa shape index (κ1) is 33.8. The Morgan fingerprint density at radius 3 is 2.20 bits per heavy atom. The molecule has 0 atom stereocenters. The molecule has 1 aliphatic rings. The fraction of sp³-hybridized carbons (Fsp3) is 0.368. The van der Waals surface area contributed by atoms with Crippen LogP contribution in [0.3, 0.4) is 0 Å². The van der Waals surface area contributed by atoms with Crippen molar-refractivity contribution >= 4 is 56.9 Å². The summed E-state index contributed by atoms with van der Waals surface area (Å²) in [6, 6.07) is 22.6. The molecule has 0 amide bonds. The van der Waals surface area contributed by atoms with Crippen molar-refractivity contribution in [1.82, 2.24) is 4.98 Å². The normalized spacial score (nSPS) is 14.1. The van der Waals surface area contributed by atoms with E-state index in [1.807, 2.05) is 59.9 Å². The van der Waals surface area contributed by atoms with E-state index < -0.39 is 8.07 Å². The summed E-state index contributed by atoms with van der Waals surface area (Å²) in [5.41, 5.74) is 3.44. The molecule has 2 aromatic heterocycles. The molecule has 0 unspecified atom stereocenters. The number of allylic oxidation sites excluding steroid dienone is 2. The topological polar surface area (TPSA) is 63.3 Å². The molecule has 0 saturated heterocycles. The minimum atomic E-state index is -2.00. The average Bonchev–Trinajstić information content (AvgIpc) is 3.38. The molecule has 0 spiro atoms. The molecular weight excluding hydrogens is 739 g/mol. The summed E-state index contributed by atoms with van der Waals surface area (Å²) in [5, 5.41) is 17.9. The van der Waals surface area contributed by atoms with Crippen LogP contribution in [0, 0.1) is 16.9 Å². The second-order valence-electron chi connectivity index (χ2n) is 13.0. The van der Waals surface area contributed by atoms with Crippen LogP contribution in [0.2, 0.25) is 13.1 Å². The van der Waals surface area contributed by atoms with Crippen LogP contribution in [0.4, 0.5) is 0 Å². The molecule has 233 valence electrons. The van der Waals surface area contributed by atoms with Gasteiger partial charge >= 0.3 is 0 Å². The van der Waals surface area contributed by atoms with Crippen molar-refractivity contribution in [3.63, 3.8) is 0 Å². The fourth-order valence-electron chi connectivity index (χ4n) is 6.32. The largest absolute Gasteiger partial charge is 0.512 e. The molecule has 0 saturated carbocycles. The third-order valence-corrected chi connectivity index (χ3v) is 13.9. The number of hydrogen-bond acceptors (Lipinski definition) is 4. The molecule has 0 fully saturated rings. The first-order valence-electron chi connectivity index (χ1n) is 15.7. The second-order valence-corrected chi connectivity index (χ2v) is 17.3. The van der Waals surface area contributed by atoms with Gasteiger partial charge in [-0.15, -0.1) is 17.7 Å². The van der Waals surface area contributed by atoms with E-state index in [0.29, 0.717) is 0 Å². The zero-order valence-corrected chi connectivity index (χ0v) is 30.6. The van der Waals surface area contributed by atoms with Crippen LogP contribution in [0.25, 0.3) is 44.0 Å². The standard InChI is InChI=1S/C23H16NOSi.C15H28O2.Ir/c1-26(2)19-12-6-11-18-21(19)20-16(9-5-10-17(20)25-18)22-23(26)15-8-4-3-7-14(15)13-24-22;1-7-14(5,8-2)12(16)11-13(17)15(6,9-3)10-4;/h3-8,10-13H,1-2H3;11,16H,7-10H2,1-6H3;/q-1;;/b;12-11-;. The second kappa shape index (κ2) is 12.7. The molecule has 44 heavy (non-hydrogen) atoms. The molecular formula is C38H44IrNO3Si-. The molecule has 0 aliphatic carbocycles. The van der Waals surface area contributed by atoms with E-state index in [9.17, 15) is 9.90 Å². The monoisotopic (exact) mass is 783 g/mol. The number of aliphatic hydroxyl groups is 1. The van der Waals surface area contributed by atoms with Gasteiger partial charge in [-0.2, -0.15) is 0 Å². The van der Waals surface area contributed by atoms with Gasteiger partial charge in [-0.25, -0.2) is 0 Å². The van der Waals surface area contributed by atoms with Crippen molar-refractivity contribution in [1.29, 1.82) is 0 Å². The van der Waals surface area contributed by atoms with Crippen molar-refractivity contribution in [2.24, 2.45) is 10.8 Å². The van der Waals surface area contributed by atoms with Crippen molar-refractivity contribution in [3.05, 3.63) is 78.7 Å². The van der Waals surface area contributed by atoms with Crippen LogP contribution in [0.5, 0.6) is 0 Å². The van der Waals surface area contributed by atoms with Gasteiger partial charge in [-0.05, 0) is 53.6 Å². The minimum Gasteiger partial charge on any atom is -0.512 e. The maximum absolute atomic E-state index is 12.2. The van der Waals surface area contributed by atoms with Crippen molar-refractivity contribution in [2.75, 3.05) is 0 Å². The van der Waals surface area contributed by atoms with Crippen molar-refractivity contribution in [2.45, 2.75) is 80.3 Å². The number of carbonyl (C=O) groups is 1. The van der Waals surface area contributed by atoms with E-state index in [2.05, 4.69) is 61.6 Å². The van der Waals surface area contributed by atoms with Crippen LogP contribution in [0.1, 0.15) is 67.2 Å². The molecule has 3 aromatic carbocycles. The number of aliphatic hydroxyl groups excluding tert-OH is 1. The quantitative estimate of drug-likeness (QED) is 0.0774. The Labute approximate surface area is 276 Å². The van der Waals surface area contributed by atoms with Gasteiger partial charge in [0.15, 0.2) is 5.78 Å². The summed E-state index contributed by atoms with van der Waals surface area (Å²) in [6.45, 7) is 16.9. The maximum Gasteiger partial charge on any atom is 0.164 e. The van der Waals surface area contributed by atoms with Crippen molar-refractivity contribution in [3.8, 4) is 11.3 Å². The summed E-state index contributed by atoms with van der Waals surface area (Å²) in [4.78, 5) is 17.1. The molecule has 5 aromatic rings. The molecule has 6 rings (SSSR count). The van der Waals surface area contributed by atoms with E-state index in [1.54, 1.807) is 0 Å². The van der Waals surface area contributed by atoms with Gasteiger partial charge in [0.05, 0.1) is 5.58 Å². The third kappa shape index (κ3) is 5.50. The van der Waals surface area contributed by atoms with Gasteiger partial charge in [0, 0.05) is 43.2 Å². The molecule has 0 bridgehead atoms. The predicted octanol–water partition coefficient (Wildman–Crippen LogP) is 9.38.